The summed E-state index contributed by atoms with van der Waals surface area (Å²) < 4.78 is 13.3. The number of hydrogen-bond acceptors (Lipinski definition) is 6. The predicted molar refractivity (Wildman–Crippen MR) is 134 cm³/mol. The van der Waals surface area contributed by atoms with Crippen molar-refractivity contribution in [2.45, 2.75) is 43.8 Å². The van der Waals surface area contributed by atoms with Gasteiger partial charge in [-0.15, -0.1) is 0 Å². The van der Waals surface area contributed by atoms with E-state index in [1.54, 1.807) is 11.0 Å². The van der Waals surface area contributed by atoms with E-state index in [1.807, 2.05) is 0 Å². The third kappa shape index (κ3) is 6.54. The third-order valence-electron chi connectivity index (χ3n) is 5.82. The molecule has 1 N–H and O–H groups in total. The van der Waals surface area contributed by atoms with E-state index in [2.05, 4.69) is 16.4 Å². The molecule has 2 aromatic rings. The lowest BCUT2D eigenvalue weighted by Crippen LogP contribution is -2.34. The van der Waals surface area contributed by atoms with Crippen molar-refractivity contribution in [3.63, 3.8) is 0 Å². The van der Waals surface area contributed by atoms with Crippen LogP contribution in [0.1, 0.15) is 38.5 Å². The van der Waals surface area contributed by atoms with Gasteiger partial charge >= 0.3 is 0 Å². The summed E-state index contributed by atoms with van der Waals surface area (Å²) in [5.41, 5.74) is 2.00. The number of nitrogens with zero attached hydrogens (tertiary/aromatic N) is 3. The fourth-order valence-electron chi connectivity index (χ4n) is 4.02. The maximum atomic E-state index is 13.3. The van der Waals surface area contributed by atoms with Gasteiger partial charge in [0, 0.05) is 30.8 Å². The Morgan fingerprint density at radius 1 is 1.23 bits per heavy atom. The van der Waals surface area contributed by atoms with E-state index in [0.29, 0.717) is 23.1 Å². The smallest absolute Gasteiger partial charge is 0.271 e. The van der Waals surface area contributed by atoms with Gasteiger partial charge in [-0.3, -0.25) is 24.6 Å². The minimum Gasteiger partial charge on any atom is -0.326 e. The highest BCUT2D eigenvalue weighted by Crippen LogP contribution is 2.33. The molecule has 1 aliphatic heterocycles. The standard InChI is InChI=1S/C25H25FN4O4S/c26-18-9-11-19(12-10-18)28-25-29(14-13-17-5-2-1-3-6-17)24(32)22(35-25)16-23(31)27-20-7-4-8-21(15-20)30(33)34/h4-5,7-12,15,22H,1-3,6,13-14,16H2,(H,27,31)/t22-/m0/s1. The Balaban J connectivity index is 1.48. The van der Waals surface area contributed by atoms with Crippen LogP contribution in [-0.2, 0) is 9.59 Å². The number of thioether (sulfide) groups is 1. The number of non-ortho nitro benzene ring substituents is 1. The highest BCUT2D eigenvalue weighted by Gasteiger charge is 2.39. The Morgan fingerprint density at radius 3 is 2.74 bits per heavy atom. The van der Waals surface area contributed by atoms with Gasteiger partial charge in [-0.25, -0.2) is 9.38 Å². The SMILES string of the molecule is O=C(C[C@@H]1SC(=Nc2ccc(F)cc2)N(CCC2=CCCCC2)C1=O)Nc1cccc([N+](=O)[O-])c1. The number of allylic oxidation sites excluding steroid dienone is 1. The number of amidine groups is 1. The Hall–Kier alpha value is -3.53. The van der Waals surface area contributed by atoms with E-state index < -0.39 is 16.1 Å². The molecule has 0 bridgehead atoms. The first-order chi connectivity index (χ1) is 16.9. The number of carbonyl (C=O) groups excluding carboxylic acids is 2. The second kappa shape index (κ2) is 11.3. The van der Waals surface area contributed by atoms with Crippen LogP contribution >= 0.6 is 11.8 Å². The van der Waals surface area contributed by atoms with Crippen LogP contribution in [0.3, 0.4) is 0 Å². The number of nitrogens with one attached hydrogen (secondary N) is 1. The van der Waals surface area contributed by atoms with Gasteiger partial charge in [-0.1, -0.05) is 29.5 Å². The van der Waals surface area contributed by atoms with Crippen molar-refractivity contribution in [1.29, 1.82) is 0 Å². The van der Waals surface area contributed by atoms with E-state index in [1.165, 1.54) is 66.2 Å². The molecule has 0 radical (unpaired) electrons. The monoisotopic (exact) mass is 496 g/mol. The van der Waals surface area contributed by atoms with Crippen LogP contribution in [0.25, 0.3) is 0 Å². The van der Waals surface area contributed by atoms with Crippen molar-refractivity contribution in [3.05, 3.63) is 76.1 Å². The van der Waals surface area contributed by atoms with E-state index >= 15 is 0 Å². The number of hydrogen-bond donors (Lipinski definition) is 1. The molecule has 1 fully saturated rings. The largest absolute Gasteiger partial charge is 0.326 e. The lowest BCUT2D eigenvalue weighted by Gasteiger charge is -2.19. The molecule has 182 valence electrons. The number of nitro groups is 1. The van der Waals surface area contributed by atoms with Crippen molar-refractivity contribution in [3.8, 4) is 0 Å². The minimum absolute atomic E-state index is 0.103. The summed E-state index contributed by atoms with van der Waals surface area (Å²) in [4.78, 5) is 42.5. The number of benzene rings is 2. The topological polar surface area (TPSA) is 105 Å². The second-order valence-electron chi connectivity index (χ2n) is 8.39. The van der Waals surface area contributed by atoms with E-state index in [0.717, 1.165) is 25.7 Å². The highest BCUT2D eigenvalue weighted by molar-refractivity contribution is 8.15. The Morgan fingerprint density at radius 2 is 2.03 bits per heavy atom. The van der Waals surface area contributed by atoms with E-state index in [4.69, 9.17) is 0 Å². The van der Waals surface area contributed by atoms with Gasteiger partial charge in [0.1, 0.15) is 11.1 Å². The number of nitro benzene ring substituents is 1. The van der Waals surface area contributed by atoms with Gasteiger partial charge in [0.05, 0.1) is 10.6 Å². The average Bonchev–Trinajstić information content (AvgIpc) is 3.13. The summed E-state index contributed by atoms with van der Waals surface area (Å²) in [7, 11) is 0. The minimum atomic E-state index is -0.673. The fraction of sp³-hybridized carbons (Fsp3) is 0.320. The van der Waals surface area contributed by atoms with Crippen LogP contribution < -0.4 is 5.32 Å². The summed E-state index contributed by atoms with van der Waals surface area (Å²) in [6.07, 6.45) is 7.27. The molecule has 1 heterocycles. The number of halogens is 1. The number of anilines is 1. The third-order valence-corrected chi connectivity index (χ3v) is 7.00. The van der Waals surface area contributed by atoms with Crippen molar-refractivity contribution in [2.75, 3.05) is 11.9 Å². The highest BCUT2D eigenvalue weighted by atomic mass is 32.2. The molecule has 0 aromatic heterocycles. The van der Waals surface area contributed by atoms with Crippen LogP contribution in [0.2, 0.25) is 0 Å². The van der Waals surface area contributed by atoms with Crippen molar-refractivity contribution in [2.24, 2.45) is 4.99 Å². The molecule has 2 aromatic carbocycles. The number of aliphatic imine (C=N–C) groups is 1. The normalized spacial score (nSPS) is 19.1. The quantitative estimate of drug-likeness (QED) is 0.292. The summed E-state index contributed by atoms with van der Waals surface area (Å²) in [5, 5.41) is 13.4. The molecule has 2 amide bonds. The van der Waals surface area contributed by atoms with Crippen LogP contribution in [0.5, 0.6) is 0 Å². The van der Waals surface area contributed by atoms with Gasteiger partial charge < -0.3 is 5.32 Å². The van der Waals surface area contributed by atoms with Gasteiger partial charge in [0.25, 0.3) is 5.69 Å². The molecule has 10 heteroatoms. The second-order valence-corrected chi connectivity index (χ2v) is 9.55. The van der Waals surface area contributed by atoms with Gasteiger partial charge in [0.2, 0.25) is 11.8 Å². The van der Waals surface area contributed by atoms with E-state index in [9.17, 15) is 24.1 Å². The van der Waals surface area contributed by atoms with Crippen molar-refractivity contribution < 1.29 is 18.9 Å². The first-order valence-corrected chi connectivity index (χ1v) is 12.3. The molecular formula is C25H25FN4O4S. The summed E-state index contributed by atoms with van der Waals surface area (Å²) in [6.45, 7) is 0.459. The predicted octanol–water partition coefficient (Wildman–Crippen LogP) is 5.58. The summed E-state index contributed by atoms with van der Waals surface area (Å²) in [5.74, 6) is -1.00. The molecule has 8 nitrogen and oxygen atoms in total. The molecule has 0 saturated carbocycles. The lowest BCUT2D eigenvalue weighted by atomic mass is 9.97. The first kappa shape index (κ1) is 24.6. The van der Waals surface area contributed by atoms with Crippen molar-refractivity contribution in [1.82, 2.24) is 4.90 Å². The molecule has 0 spiro atoms. The molecule has 2 aliphatic rings. The molecule has 1 atom stereocenters. The van der Waals surface area contributed by atoms with Crippen LogP contribution in [0, 0.1) is 15.9 Å². The van der Waals surface area contributed by atoms with Gasteiger partial charge in [0.15, 0.2) is 5.17 Å². The first-order valence-electron chi connectivity index (χ1n) is 11.4. The summed E-state index contributed by atoms with van der Waals surface area (Å²) >= 11 is 1.20. The molecule has 4 rings (SSSR count). The zero-order valence-corrected chi connectivity index (χ0v) is 19.8. The van der Waals surface area contributed by atoms with Gasteiger partial charge in [-0.05, 0) is 62.4 Å². The average molecular weight is 497 g/mol. The molecule has 0 unspecified atom stereocenters. The zero-order chi connectivity index (χ0) is 24.8. The Labute approximate surface area is 206 Å². The van der Waals surface area contributed by atoms with E-state index in [-0.39, 0.29) is 23.8 Å². The molecule has 1 aliphatic carbocycles. The van der Waals surface area contributed by atoms with Crippen molar-refractivity contribution >= 4 is 45.8 Å². The number of carbonyl (C=O) groups is 2. The maximum Gasteiger partial charge on any atom is 0.271 e. The Kier molecular flexibility index (Phi) is 7.91. The molecule has 35 heavy (non-hydrogen) atoms. The van der Waals surface area contributed by atoms with Crippen LogP contribution in [0.15, 0.2) is 65.2 Å². The number of rotatable bonds is 8. The Bertz CT molecular complexity index is 1180. The lowest BCUT2D eigenvalue weighted by molar-refractivity contribution is -0.384. The fourth-order valence-corrected chi connectivity index (χ4v) is 5.21. The van der Waals surface area contributed by atoms with Crippen LogP contribution in [0.4, 0.5) is 21.5 Å². The maximum absolute atomic E-state index is 13.3. The zero-order valence-electron chi connectivity index (χ0n) is 19.0. The molecular weight excluding hydrogens is 471 g/mol. The number of amides is 2. The van der Waals surface area contributed by atoms with Crippen LogP contribution in [-0.4, -0.2) is 38.6 Å². The molecule has 1 saturated heterocycles. The summed E-state index contributed by atoms with van der Waals surface area (Å²) in [6, 6.07) is 11.3. The van der Waals surface area contributed by atoms with Gasteiger partial charge in [-0.2, -0.15) is 0 Å².